The quantitative estimate of drug-likeness (QED) is 0.846. The third-order valence-corrected chi connectivity index (χ3v) is 2.97. The Morgan fingerprint density at radius 3 is 2.41 bits per heavy atom. The molecule has 0 spiro atoms. The summed E-state index contributed by atoms with van der Waals surface area (Å²) in [5.41, 5.74) is 1.04. The second kappa shape index (κ2) is 5.27. The van der Waals surface area contributed by atoms with Crippen molar-refractivity contribution < 1.29 is 4.39 Å². The maximum atomic E-state index is 12.8. The van der Waals surface area contributed by atoms with Gasteiger partial charge < -0.3 is 4.90 Å². The van der Waals surface area contributed by atoms with Crippen molar-refractivity contribution in [1.82, 2.24) is 4.98 Å². The maximum absolute atomic E-state index is 12.8. The van der Waals surface area contributed by atoms with Crippen LogP contribution in [0.5, 0.6) is 0 Å². The lowest BCUT2D eigenvalue weighted by atomic mass is 10.3. The topological polar surface area (TPSA) is 16.1 Å². The molecule has 4 heteroatoms. The van der Waals surface area contributed by atoms with E-state index >= 15 is 0 Å². The van der Waals surface area contributed by atoms with Crippen LogP contribution in [0.15, 0.2) is 47.1 Å². The van der Waals surface area contributed by atoms with Gasteiger partial charge in [0.25, 0.3) is 0 Å². The minimum atomic E-state index is -0.319. The SMILES string of the molecule is CCN(c1ccc(Br)cc1)c1ccc(F)cn1. The van der Waals surface area contributed by atoms with Gasteiger partial charge in [-0.1, -0.05) is 15.9 Å². The fourth-order valence-corrected chi connectivity index (χ4v) is 1.89. The molecule has 1 aromatic carbocycles. The van der Waals surface area contributed by atoms with Crippen LogP contribution in [-0.2, 0) is 0 Å². The molecule has 1 heterocycles. The Hall–Kier alpha value is -1.42. The molecule has 2 rings (SSSR count). The molecule has 0 amide bonds. The van der Waals surface area contributed by atoms with Crippen LogP contribution in [0.2, 0.25) is 0 Å². The summed E-state index contributed by atoms with van der Waals surface area (Å²) in [5, 5.41) is 0. The molecule has 0 N–H and O–H groups in total. The van der Waals surface area contributed by atoms with Crippen LogP contribution >= 0.6 is 15.9 Å². The van der Waals surface area contributed by atoms with Gasteiger partial charge in [-0.25, -0.2) is 9.37 Å². The second-order valence-corrected chi connectivity index (χ2v) is 4.47. The minimum Gasteiger partial charge on any atom is -0.327 e. The van der Waals surface area contributed by atoms with E-state index in [1.165, 1.54) is 12.3 Å². The Labute approximate surface area is 108 Å². The summed E-state index contributed by atoms with van der Waals surface area (Å²) in [6.07, 6.45) is 1.23. The number of hydrogen-bond acceptors (Lipinski definition) is 2. The van der Waals surface area contributed by atoms with Crippen molar-refractivity contribution in [3.63, 3.8) is 0 Å². The summed E-state index contributed by atoms with van der Waals surface area (Å²) in [4.78, 5) is 6.11. The van der Waals surface area contributed by atoms with Gasteiger partial charge in [0.05, 0.1) is 6.20 Å². The molecular weight excluding hydrogens is 283 g/mol. The summed E-state index contributed by atoms with van der Waals surface area (Å²) >= 11 is 3.40. The predicted octanol–water partition coefficient (Wildman–Crippen LogP) is 4.14. The predicted molar refractivity (Wildman–Crippen MR) is 71.0 cm³/mol. The highest BCUT2D eigenvalue weighted by Crippen LogP contribution is 2.24. The summed E-state index contributed by atoms with van der Waals surface area (Å²) in [5.74, 6) is 0.428. The van der Waals surface area contributed by atoms with Crippen LogP contribution in [-0.4, -0.2) is 11.5 Å². The van der Waals surface area contributed by atoms with E-state index in [1.807, 2.05) is 36.1 Å². The van der Waals surface area contributed by atoms with Gasteiger partial charge in [0.2, 0.25) is 0 Å². The average Bonchev–Trinajstić information content (AvgIpc) is 2.35. The lowest BCUT2D eigenvalue weighted by Crippen LogP contribution is -2.17. The monoisotopic (exact) mass is 294 g/mol. The molecule has 0 bridgehead atoms. The molecule has 17 heavy (non-hydrogen) atoms. The van der Waals surface area contributed by atoms with E-state index in [0.717, 1.165) is 22.5 Å². The summed E-state index contributed by atoms with van der Waals surface area (Å²) in [6, 6.07) is 11.0. The van der Waals surface area contributed by atoms with Crippen molar-refractivity contribution in [1.29, 1.82) is 0 Å². The summed E-state index contributed by atoms with van der Waals surface area (Å²) in [6.45, 7) is 2.81. The van der Waals surface area contributed by atoms with Crippen LogP contribution < -0.4 is 4.90 Å². The largest absolute Gasteiger partial charge is 0.327 e. The molecule has 0 atom stereocenters. The number of anilines is 2. The normalized spacial score (nSPS) is 10.3. The highest BCUT2D eigenvalue weighted by molar-refractivity contribution is 9.10. The number of aromatic nitrogens is 1. The Morgan fingerprint density at radius 2 is 1.88 bits per heavy atom. The molecule has 88 valence electrons. The van der Waals surface area contributed by atoms with Gasteiger partial charge in [-0.2, -0.15) is 0 Å². The zero-order valence-electron chi connectivity index (χ0n) is 9.40. The van der Waals surface area contributed by atoms with Gasteiger partial charge in [0.1, 0.15) is 11.6 Å². The molecule has 0 saturated carbocycles. The number of nitrogens with zero attached hydrogens (tertiary/aromatic N) is 2. The van der Waals surface area contributed by atoms with E-state index in [-0.39, 0.29) is 5.82 Å². The third-order valence-electron chi connectivity index (χ3n) is 2.44. The lowest BCUT2D eigenvalue weighted by Gasteiger charge is -2.21. The Bertz CT molecular complexity index is 436. The van der Waals surface area contributed by atoms with E-state index in [9.17, 15) is 4.39 Å². The summed E-state index contributed by atoms with van der Waals surface area (Å²) < 4.78 is 13.9. The Morgan fingerprint density at radius 1 is 1.18 bits per heavy atom. The lowest BCUT2D eigenvalue weighted by molar-refractivity contribution is 0.621. The van der Waals surface area contributed by atoms with Crippen LogP contribution in [0.3, 0.4) is 0 Å². The van der Waals surface area contributed by atoms with E-state index in [0.29, 0.717) is 0 Å². The molecule has 0 unspecified atom stereocenters. The highest BCUT2D eigenvalue weighted by Gasteiger charge is 2.08. The smallest absolute Gasteiger partial charge is 0.141 e. The van der Waals surface area contributed by atoms with Crippen molar-refractivity contribution in [2.24, 2.45) is 0 Å². The molecule has 0 aliphatic heterocycles. The van der Waals surface area contributed by atoms with Crippen LogP contribution in [0.1, 0.15) is 6.92 Å². The van der Waals surface area contributed by atoms with Crippen molar-refractivity contribution in [3.8, 4) is 0 Å². The van der Waals surface area contributed by atoms with Crippen molar-refractivity contribution in [3.05, 3.63) is 52.9 Å². The first-order valence-corrected chi connectivity index (χ1v) is 6.14. The zero-order chi connectivity index (χ0) is 12.3. The molecular formula is C13H12BrFN2. The molecule has 0 saturated heterocycles. The number of halogens is 2. The third kappa shape index (κ3) is 2.82. The number of rotatable bonds is 3. The number of hydrogen-bond donors (Lipinski definition) is 0. The first-order chi connectivity index (χ1) is 8.20. The number of pyridine rings is 1. The van der Waals surface area contributed by atoms with E-state index in [2.05, 4.69) is 20.9 Å². The van der Waals surface area contributed by atoms with Gasteiger partial charge in [-0.15, -0.1) is 0 Å². The molecule has 0 aliphatic carbocycles. The van der Waals surface area contributed by atoms with Crippen molar-refractivity contribution >= 4 is 27.4 Å². The van der Waals surface area contributed by atoms with Crippen LogP contribution in [0.4, 0.5) is 15.9 Å². The van der Waals surface area contributed by atoms with Gasteiger partial charge in [-0.05, 0) is 43.3 Å². The van der Waals surface area contributed by atoms with Crippen molar-refractivity contribution in [2.75, 3.05) is 11.4 Å². The van der Waals surface area contributed by atoms with Crippen LogP contribution in [0.25, 0.3) is 0 Å². The zero-order valence-corrected chi connectivity index (χ0v) is 11.0. The minimum absolute atomic E-state index is 0.319. The van der Waals surface area contributed by atoms with Gasteiger partial charge >= 0.3 is 0 Å². The van der Waals surface area contributed by atoms with E-state index < -0.39 is 0 Å². The Kier molecular flexibility index (Phi) is 3.74. The van der Waals surface area contributed by atoms with Gasteiger partial charge in [0.15, 0.2) is 0 Å². The average molecular weight is 295 g/mol. The fourth-order valence-electron chi connectivity index (χ4n) is 1.63. The van der Waals surface area contributed by atoms with Gasteiger partial charge in [0, 0.05) is 16.7 Å². The van der Waals surface area contributed by atoms with E-state index in [4.69, 9.17) is 0 Å². The molecule has 0 aliphatic rings. The van der Waals surface area contributed by atoms with Crippen molar-refractivity contribution in [2.45, 2.75) is 6.92 Å². The first kappa shape index (κ1) is 12.0. The molecule has 0 radical (unpaired) electrons. The maximum Gasteiger partial charge on any atom is 0.141 e. The number of benzene rings is 1. The molecule has 2 aromatic rings. The standard InChI is InChI=1S/C13H12BrFN2/c1-2-17(12-6-3-10(14)4-7-12)13-8-5-11(15)9-16-13/h3-9H,2H2,1H3. The molecule has 1 aromatic heterocycles. The van der Waals surface area contributed by atoms with Crippen LogP contribution in [0, 0.1) is 5.82 Å². The first-order valence-electron chi connectivity index (χ1n) is 5.35. The molecule has 2 nitrogen and oxygen atoms in total. The fraction of sp³-hybridized carbons (Fsp3) is 0.154. The highest BCUT2D eigenvalue weighted by atomic mass is 79.9. The second-order valence-electron chi connectivity index (χ2n) is 3.56. The molecule has 0 fully saturated rings. The Balaban J connectivity index is 2.33. The summed E-state index contributed by atoms with van der Waals surface area (Å²) in [7, 11) is 0. The van der Waals surface area contributed by atoms with E-state index in [1.54, 1.807) is 6.07 Å². The van der Waals surface area contributed by atoms with Gasteiger partial charge in [-0.3, -0.25) is 0 Å².